The zero-order valence-electron chi connectivity index (χ0n) is 19.7. The van der Waals surface area contributed by atoms with Gasteiger partial charge in [-0.3, -0.25) is 5.43 Å². The molecule has 4 aromatic carbocycles. The van der Waals surface area contributed by atoms with Crippen molar-refractivity contribution in [1.82, 2.24) is 10.9 Å². The average Bonchev–Trinajstić information content (AvgIpc) is 2.86. The number of nitrogens with one attached hydrogen (secondary N) is 2. The Labute approximate surface area is 198 Å². The fourth-order valence-corrected chi connectivity index (χ4v) is 4.34. The van der Waals surface area contributed by atoms with Crippen molar-refractivity contribution in [3.63, 3.8) is 0 Å². The van der Waals surface area contributed by atoms with Crippen LogP contribution in [0.5, 0.6) is 0 Å². The molecular weight excluding hydrogens is 400 g/mol. The Morgan fingerprint density at radius 3 is 1.45 bits per heavy atom. The zero-order valence-corrected chi connectivity index (χ0v) is 19.7. The molecule has 2 N–H and O–H groups in total. The Hall–Kier alpha value is -3.20. The first-order chi connectivity index (χ1) is 16.2. The molecule has 4 aromatic rings. The van der Waals surface area contributed by atoms with Crippen LogP contribution in [0.2, 0.25) is 0 Å². The molecule has 0 bridgehead atoms. The molecular formula is C31H34N2. The van der Waals surface area contributed by atoms with E-state index in [1.54, 1.807) is 0 Å². The van der Waals surface area contributed by atoms with E-state index in [0.29, 0.717) is 5.92 Å². The van der Waals surface area contributed by atoms with Crippen LogP contribution in [0.3, 0.4) is 0 Å². The van der Waals surface area contributed by atoms with E-state index in [2.05, 4.69) is 134 Å². The molecule has 2 heteroatoms. The minimum atomic E-state index is 0.116. The van der Waals surface area contributed by atoms with Crippen molar-refractivity contribution < 1.29 is 0 Å². The zero-order chi connectivity index (χ0) is 22.9. The summed E-state index contributed by atoms with van der Waals surface area (Å²) in [4.78, 5) is 0. The summed E-state index contributed by atoms with van der Waals surface area (Å²) in [6, 6.07) is 39.4. The maximum Gasteiger partial charge on any atom is 0.0712 e. The molecule has 0 aliphatic heterocycles. The van der Waals surface area contributed by atoms with Crippen LogP contribution in [0.1, 0.15) is 58.2 Å². The fourth-order valence-electron chi connectivity index (χ4n) is 4.34. The summed E-state index contributed by atoms with van der Waals surface area (Å²) in [6.07, 6.45) is 2.18. The SMILES string of the molecule is Cc1ccc(C(NNCCCC(c2ccccc2)c2ccccc2)c2ccc(C)cc2)cc1. The van der Waals surface area contributed by atoms with E-state index in [9.17, 15) is 0 Å². The van der Waals surface area contributed by atoms with Gasteiger partial charge in [-0.25, -0.2) is 5.43 Å². The largest absolute Gasteiger partial charge is 0.257 e. The standard InChI is InChI=1S/C31H34N2/c1-24-15-19-28(20-16-24)31(29-21-17-25(2)18-22-29)33-32-23-9-14-30(26-10-5-3-6-11-26)27-12-7-4-8-13-27/h3-8,10-13,15-22,30-33H,9,14,23H2,1-2H3. The minimum Gasteiger partial charge on any atom is -0.257 e. The van der Waals surface area contributed by atoms with Crippen LogP contribution in [0.4, 0.5) is 0 Å². The first kappa shape index (κ1) is 23.0. The molecule has 0 amide bonds. The molecule has 0 radical (unpaired) electrons. The molecule has 0 saturated heterocycles. The number of hydrogen-bond acceptors (Lipinski definition) is 2. The van der Waals surface area contributed by atoms with Crippen LogP contribution in [0, 0.1) is 13.8 Å². The number of hydrazine groups is 1. The molecule has 0 aromatic heterocycles. The number of benzene rings is 4. The van der Waals surface area contributed by atoms with Crippen molar-refractivity contribution in [2.45, 2.75) is 38.6 Å². The molecule has 0 saturated carbocycles. The molecule has 0 aliphatic rings. The summed E-state index contributed by atoms with van der Waals surface area (Å²) in [6.45, 7) is 5.17. The van der Waals surface area contributed by atoms with Crippen LogP contribution in [-0.2, 0) is 0 Å². The van der Waals surface area contributed by atoms with Gasteiger partial charge in [0.2, 0.25) is 0 Å². The molecule has 4 rings (SSSR count). The Morgan fingerprint density at radius 1 is 0.545 bits per heavy atom. The summed E-state index contributed by atoms with van der Waals surface area (Å²) in [5, 5.41) is 0. The van der Waals surface area contributed by atoms with Crippen LogP contribution >= 0.6 is 0 Å². The van der Waals surface area contributed by atoms with Crippen LogP contribution in [-0.4, -0.2) is 6.54 Å². The fraction of sp³-hybridized carbons (Fsp3) is 0.226. The highest BCUT2D eigenvalue weighted by Gasteiger charge is 2.15. The van der Waals surface area contributed by atoms with Gasteiger partial charge in [-0.2, -0.15) is 0 Å². The van der Waals surface area contributed by atoms with Crippen molar-refractivity contribution in [1.29, 1.82) is 0 Å². The first-order valence-electron chi connectivity index (χ1n) is 11.9. The lowest BCUT2D eigenvalue weighted by Gasteiger charge is -2.22. The minimum absolute atomic E-state index is 0.116. The Kier molecular flexibility index (Phi) is 8.08. The molecule has 0 aliphatic carbocycles. The highest BCUT2D eigenvalue weighted by Crippen LogP contribution is 2.29. The van der Waals surface area contributed by atoms with Crippen molar-refractivity contribution in [2.75, 3.05) is 6.54 Å². The first-order valence-corrected chi connectivity index (χ1v) is 11.9. The lowest BCUT2D eigenvalue weighted by Crippen LogP contribution is -2.36. The predicted molar refractivity (Wildman–Crippen MR) is 139 cm³/mol. The molecule has 0 atom stereocenters. The van der Waals surface area contributed by atoms with Crippen molar-refractivity contribution in [3.8, 4) is 0 Å². The second-order valence-electron chi connectivity index (χ2n) is 8.84. The van der Waals surface area contributed by atoms with Crippen LogP contribution in [0.25, 0.3) is 0 Å². The third kappa shape index (κ3) is 6.41. The van der Waals surface area contributed by atoms with E-state index in [1.165, 1.54) is 33.4 Å². The smallest absolute Gasteiger partial charge is 0.0712 e. The van der Waals surface area contributed by atoms with E-state index in [1.807, 2.05) is 0 Å². The van der Waals surface area contributed by atoms with Gasteiger partial charge >= 0.3 is 0 Å². The van der Waals surface area contributed by atoms with Gasteiger partial charge in [-0.1, -0.05) is 120 Å². The second-order valence-corrected chi connectivity index (χ2v) is 8.84. The van der Waals surface area contributed by atoms with Crippen LogP contribution < -0.4 is 10.9 Å². The van der Waals surface area contributed by atoms with E-state index in [0.717, 1.165) is 19.4 Å². The maximum absolute atomic E-state index is 3.59. The summed E-state index contributed by atoms with van der Waals surface area (Å²) >= 11 is 0. The Balaban J connectivity index is 1.39. The van der Waals surface area contributed by atoms with Gasteiger partial charge in [0.25, 0.3) is 0 Å². The number of hydrogen-bond donors (Lipinski definition) is 2. The van der Waals surface area contributed by atoms with Gasteiger partial charge in [-0.15, -0.1) is 0 Å². The van der Waals surface area contributed by atoms with Gasteiger partial charge in [0.15, 0.2) is 0 Å². The van der Waals surface area contributed by atoms with Gasteiger partial charge in [0.1, 0.15) is 0 Å². The molecule has 0 fully saturated rings. The topological polar surface area (TPSA) is 24.1 Å². The molecule has 0 heterocycles. The monoisotopic (exact) mass is 434 g/mol. The summed E-state index contributed by atoms with van der Waals surface area (Å²) < 4.78 is 0. The van der Waals surface area contributed by atoms with E-state index in [-0.39, 0.29) is 6.04 Å². The Bertz CT molecular complexity index is 1000. The number of rotatable bonds is 10. The highest BCUT2D eigenvalue weighted by molar-refractivity contribution is 5.35. The van der Waals surface area contributed by atoms with E-state index in [4.69, 9.17) is 0 Å². The average molecular weight is 435 g/mol. The second kappa shape index (κ2) is 11.6. The van der Waals surface area contributed by atoms with Gasteiger partial charge < -0.3 is 0 Å². The summed E-state index contributed by atoms with van der Waals surface area (Å²) in [5.41, 5.74) is 15.0. The predicted octanol–water partition coefficient (Wildman–Crippen LogP) is 7.10. The van der Waals surface area contributed by atoms with Crippen molar-refractivity contribution in [2.24, 2.45) is 0 Å². The Morgan fingerprint density at radius 2 is 1.00 bits per heavy atom. The molecule has 2 nitrogen and oxygen atoms in total. The van der Waals surface area contributed by atoms with Crippen molar-refractivity contribution in [3.05, 3.63) is 143 Å². The maximum atomic E-state index is 3.59. The molecule has 33 heavy (non-hydrogen) atoms. The third-order valence-electron chi connectivity index (χ3n) is 6.27. The molecule has 168 valence electrons. The van der Waals surface area contributed by atoms with Gasteiger partial charge in [-0.05, 0) is 48.9 Å². The lowest BCUT2D eigenvalue weighted by atomic mass is 9.87. The lowest BCUT2D eigenvalue weighted by molar-refractivity contribution is 0.464. The normalized spacial score (nSPS) is 11.3. The van der Waals surface area contributed by atoms with Gasteiger partial charge in [0.05, 0.1) is 6.04 Å². The quantitative estimate of drug-likeness (QED) is 0.205. The summed E-state index contributed by atoms with van der Waals surface area (Å²) in [5.74, 6) is 0.416. The third-order valence-corrected chi connectivity index (χ3v) is 6.27. The van der Waals surface area contributed by atoms with E-state index >= 15 is 0 Å². The van der Waals surface area contributed by atoms with Gasteiger partial charge in [0, 0.05) is 12.5 Å². The van der Waals surface area contributed by atoms with Crippen molar-refractivity contribution >= 4 is 0 Å². The molecule has 0 unspecified atom stereocenters. The van der Waals surface area contributed by atoms with E-state index < -0.39 is 0 Å². The summed E-state index contributed by atoms with van der Waals surface area (Å²) in [7, 11) is 0. The van der Waals surface area contributed by atoms with Crippen LogP contribution in [0.15, 0.2) is 109 Å². The number of aryl methyl sites for hydroxylation is 2. The highest BCUT2D eigenvalue weighted by atomic mass is 15.4. The molecule has 0 spiro atoms.